The lowest BCUT2D eigenvalue weighted by molar-refractivity contribution is -0.150. The largest absolute Gasteiger partial charge is 0.480 e. The number of hydrogen-bond donors (Lipinski definition) is 1. The summed E-state index contributed by atoms with van der Waals surface area (Å²) in [7, 11) is 3.70. The molecule has 116 valence electrons. The minimum absolute atomic E-state index is 0.0206. The Bertz CT molecular complexity index is 769. The Morgan fingerprint density at radius 3 is 2.95 bits per heavy atom. The second-order valence-corrected chi connectivity index (χ2v) is 5.94. The van der Waals surface area contributed by atoms with Crippen LogP contribution in [0.25, 0.3) is 11.0 Å². The molecule has 0 saturated heterocycles. The molecule has 1 atom stereocenters. The molecule has 0 fully saturated rings. The fraction of sp³-hybridized carbons (Fsp3) is 0.467. The molecule has 7 heteroatoms. The number of imidazole rings is 1. The number of ether oxygens (including phenoxy) is 1. The fourth-order valence-corrected chi connectivity index (χ4v) is 3.33. The molecule has 3 heterocycles. The van der Waals surface area contributed by atoms with Gasteiger partial charge < -0.3 is 15.0 Å². The van der Waals surface area contributed by atoms with Crippen molar-refractivity contribution in [1.82, 2.24) is 19.6 Å². The van der Waals surface area contributed by atoms with E-state index in [4.69, 9.17) is 10.5 Å². The second kappa shape index (κ2) is 4.61. The predicted octanol–water partition coefficient (Wildman–Crippen LogP) is 0.631. The lowest BCUT2D eigenvalue weighted by Gasteiger charge is -2.30. The highest BCUT2D eigenvalue weighted by Gasteiger charge is 2.35. The van der Waals surface area contributed by atoms with E-state index in [1.54, 1.807) is 12.1 Å². The molecule has 0 radical (unpaired) electrons. The Morgan fingerprint density at radius 2 is 2.14 bits per heavy atom. The molecule has 1 aromatic carbocycles. The van der Waals surface area contributed by atoms with E-state index in [2.05, 4.69) is 4.98 Å². The first-order chi connectivity index (χ1) is 10.6. The molecular formula is C15H19N5O2. The third kappa shape index (κ3) is 1.78. The van der Waals surface area contributed by atoms with Gasteiger partial charge in [-0.2, -0.15) is 0 Å². The molecule has 1 amide bonds. The summed E-state index contributed by atoms with van der Waals surface area (Å²) in [6.45, 7) is 1.54. The molecule has 7 nitrogen and oxygen atoms in total. The summed E-state index contributed by atoms with van der Waals surface area (Å²) in [5, 5.41) is 3.57. The van der Waals surface area contributed by atoms with E-state index in [1.165, 1.54) is 0 Å². The van der Waals surface area contributed by atoms with Crippen LogP contribution in [0, 0.1) is 0 Å². The van der Waals surface area contributed by atoms with Gasteiger partial charge >= 0.3 is 0 Å². The van der Waals surface area contributed by atoms with Crippen LogP contribution in [0.4, 0.5) is 5.95 Å². The first-order valence-corrected chi connectivity index (χ1v) is 7.49. The number of likely N-dealkylation sites (N-methyl/N-ethyl adjacent to an activating group) is 1. The number of hydrazine groups is 1. The van der Waals surface area contributed by atoms with Crippen LogP contribution in [-0.2, 0) is 17.8 Å². The number of rotatable bonds is 0. The topological polar surface area (TPSA) is 76.6 Å². The van der Waals surface area contributed by atoms with E-state index in [-0.39, 0.29) is 5.91 Å². The summed E-state index contributed by atoms with van der Waals surface area (Å²) < 4.78 is 7.93. The molecule has 2 aliphatic heterocycles. The van der Waals surface area contributed by atoms with Gasteiger partial charge in [0.15, 0.2) is 6.10 Å². The highest BCUT2D eigenvalue weighted by atomic mass is 16.5. The Hall–Kier alpha value is -2.28. The number of benzene rings is 1. The number of fused-ring (bicyclic) bond motifs is 1. The van der Waals surface area contributed by atoms with Crippen molar-refractivity contribution in [3.05, 3.63) is 17.7 Å². The highest BCUT2D eigenvalue weighted by molar-refractivity contribution is 5.88. The Kier molecular flexibility index (Phi) is 2.80. The maximum Gasteiger partial charge on any atom is 0.277 e. The molecule has 1 unspecified atom stereocenters. The smallest absolute Gasteiger partial charge is 0.277 e. The van der Waals surface area contributed by atoms with Gasteiger partial charge in [0.25, 0.3) is 5.91 Å². The number of hydrogen-bond acceptors (Lipinski definition) is 5. The quantitative estimate of drug-likeness (QED) is 0.772. The van der Waals surface area contributed by atoms with Crippen molar-refractivity contribution >= 4 is 22.9 Å². The maximum atomic E-state index is 12.6. The molecule has 0 spiro atoms. The van der Waals surface area contributed by atoms with Gasteiger partial charge in [0, 0.05) is 39.2 Å². The Morgan fingerprint density at radius 1 is 1.32 bits per heavy atom. The van der Waals surface area contributed by atoms with E-state index < -0.39 is 6.10 Å². The summed E-state index contributed by atoms with van der Waals surface area (Å²) in [6.07, 6.45) is 0.976. The van der Waals surface area contributed by atoms with Crippen molar-refractivity contribution in [3.63, 3.8) is 0 Å². The average molecular weight is 301 g/mol. The minimum Gasteiger partial charge on any atom is -0.480 e. The van der Waals surface area contributed by atoms with Crippen molar-refractivity contribution in [2.75, 3.05) is 26.4 Å². The summed E-state index contributed by atoms with van der Waals surface area (Å²) in [5.41, 5.74) is 9.01. The summed E-state index contributed by atoms with van der Waals surface area (Å²) in [4.78, 5) is 17.0. The van der Waals surface area contributed by atoms with Gasteiger partial charge in [0.2, 0.25) is 5.95 Å². The van der Waals surface area contributed by atoms with E-state index in [0.29, 0.717) is 12.4 Å². The third-order valence-electron chi connectivity index (χ3n) is 4.63. The van der Waals surface area contributed by atoms with Gasteiger partial charge in [-0.25, -0.2) is 9.99 Å². The van der Waals surface area contributed by atoms with Gasteiger partial charge in [-0.3, -0.25) is 9.80 Å². The number of nitrogens with two attached hydrogens (primary N) is 1. The highest BCUT2D eigenvalue weighted by Crippen LogP contribution is 2.36. The van der Waals surface area contributed by atoms with E-state index in [9.17, 15) is 4.79 Å². The van der Waals surface area contributed by atoms with Crippen LogP contribution in [0.2, 0.25) is 0 Å². The zero-order valence-electron chi connectivity index (χ0n) is 12.7. The monoisotopic (exact) mass is 301 g/mol. The van der Waals surface area contributed by atoms with Crippen molar-refractivity contribution in [3.8, 4) is 5.75 Å². The number of aromatic nitrogens is 2. The van der Waals surface area contributed by atoms with E-state index in [0.717, 1.165) is 41.9 Å². The van der Waals surface area contributed by atoms with Crippen LogP contribution in [0.15, 0.2) is 12.1 Å². The number of amides is 1. The lowest BCUT2D eigenvalue weighted by atomic mass is 10.1. The number of nitrogen functional groups attached to an aromatic ring is 1. The molecule has 2 aliphatic rings. The maximum absolute atomic E-state index is 12.6. The Labute approximate surface area is 128 Å². The van der Waals surface area contributed by atoms with E-state index in [1.807, 2.05) is 28.8 Å². The zero-order chi connectivity index (χ0) is 15.4. The summed E-state index contributed by atoms with van der Waals surface area (Å²) in [6, 6.07) is 3.80. The number of carbonyl (C=O) groups excluding carboxylic acids is 1. The summed E-state index contributed by atoms with van der Waals surface area (Å²) in [5.74, 6) is 1.27. The third-order valence-corrected chi connectivity index (χ3v) is 4.63. The zero-order valence-corrected chi connectivity index (χ0v) is 12.7. The standard InChI is InChI=1S/C15H19N5O2/c1-18-6-3-7-20-13-9-8-12(14(21)19(18)2)22-11(9)5-4-10(13)17-15(20)16/h4-5,12H,3,6-8H2,1-2H3,(H2,16,17). The van der Waals surface area contributed by atoms with Crippen LogP contribution < -0.4 is 10.5 Å². The van der Waals surface area contributed by atoms with Crippen LogP contribution in [0.1, 0.15) is 12.0 Å². The molecule has 1 aromatic heterocycles. The van der Waals surface area contributed by atoms with Gasteiger partial charge in [0.1, 0.15) is 5.75 Å². The number of nitrogens with zero attached hydrogens (tertiary/aromatic N) is 4. The van der Waals surface area contributed by atoms with Crippen molar-refractivity contribution in [1.29, 1.82) is 0 Å². The Balaban J connectivity index is 1.89. The first kappa shape index (κ1) is 13.4. The molecule has 0 aliphatic carbocycles. The average Bonchev–Trinajstić information content (AvgIpc) is 3.05. The van der Waals surface area contributed by atoms with Crippen molar-refractivity contribution in [2.45, 2.75) is 25.5 Å². The summed E-state index contributed by atoms with van der Waals surface area (Å²) >= 11 is 0. The van der Waals surface area contributed by atoms with Crippen LogP contribution in [0.3, 0.4) is 0 Å². The molecule has 2 bridgehead atoms. The number of anilines is 1. The molecule has 2 aromatic rings. The van der Waals surface area contributed by atoms with Gasteiger partial charge in [-0.1, -0.05) is 0 Å². The van der Waals surface area contributed by atoms with Gasteiger partial charge in [-0.05, 0) is 18.6 Å². The van der Waals surface area contributed by atoms with Crippen molar-refractivity contribution < 1.29 is 9.53 Å². The molecular weight excluding hydrogens is 282 g/mol. The van der Waals surface area contributed by atoms with E-state index >= 15 is 0 Å². The normalized spacial score (nSPS) is 22.2. The molecule has 0 saturated carbocycles. The van der Waals surface area contributed by atoms with Gasteiger partial charge in [-0.15, -0.1) is 0 Å². The number of carbonyl (C=O) groups is 1. The molecule has 2 N–H and O–H groups in total. The lowest BCUT2D eigenvalue weighted by Crippen LogP contribution is -2.47. The molecule has 22 heavy (non-hydrogen) atoms. The SMILES string of the molecule is CN1CCCn2c(N)nc3ccc4c(c32)CC(O4)C(=O)N1C. The van der Waals surface area contributed by atoms with Crippen LogP contribution in [-0.4, -0.2) is 52.2 Å². The fourth-order valence-electron chi connectivity index (χ4n) is 3.33. The number of aryl methyl sites for hydroxylation is 1. The first-order valence-electron chi connectivity index (χ1n) is 7.49. The van der Waals surface area contributed by atoms with Crippen LogP contribution >= 0.6 is 0 Å². The second-order valence-electron chi connectivity index (χ2n) is 5.94. The molecule has 4 rings (SSSR count). The van der Waals surface area contributed by atoms with Crippen molar-refractivity contribution in [2.24, 2.45) is 0 Å². The van der Waals surface area contributed by atoms with Crippen LogP contribution in [0.5, 0.6) is 5.75 Å². The predicted molar refractivity (Wildman–Crippen MR) is 82.3 cm³/mol. The van der Waals surface area contributed by atoms with Gasteiger partial charge in [0.05, 0.1) is 11.0 Å². The minimum atomic E-state index is -0.476.